The molecule has 37 heavy (non-hydrogen) atoms. The second-order valence-corrected chi connectivity index (χ2v) is 11.7. The Morgan fingerprint density at radius 2 is 1.62 bits per heavy atom. The van der Waals surface area contributed by atoms with Crippen LogP contribution in [-0.2, 0) is 32.2 Å². The summed E-state index contributed by atoms with van der Waals surface area (Å²) in [4.78, 5) is 28.0. The topological polar surface area (TPSA) is 86.8 Å². The molecule has 0 aliphatic carbocycles. The lowest BCUT2D eigenvalue weighted by molar-refractivity contribution is -0.140. The molecular formula is C26H34F3N3O4S. The quantitative estimate of drug-likeness (QED) is 0.488. The third-order valence-corrected chi connectivity index (χ3v) is 6.65. The van der Waals surface area contributed by atoms with Crippen LogP contribution in [0.2, 0.25) is 0 Å². The molecule has 0 aromatic heterocycles. The Labute approximate surface area is 216 Å². The van der Waals surface area contributed by atoms with Crippen molar-refractivity contribution in [3.8, 4) is 0 Å². The zero-order valence-corrected chi connectivity index (χ0v) is 22.5. The molecule has 0 spiro atoms. The van der Waals surface area contributed by atoms with Crippen LogP contribution in [0.5, 0.6) is 0 Å². The fourth-order valence-corrected chi connectivity index (χ4v) is 4.64. The highest BCUT2D eigenvalue weighted by molar-refractivity contribution is 7.92. The lowest BCUT2D eigenvalue weighted by Crippen LogP contribution is -2.56. The predicted molar refractivity (Wildman–Crippen MR) is 137 cm³/mol. The highest BCUT2D eigenvalue weighted by atomic mass is 32.2. The number of alkyl halides is 3. The molecule has 2 amide bonds. The van der Waals surface area contributed by atoms with E-state index in [2.05, 4.69) is 5.32 Å². The van der Waals surface area contributed by atoms with E-state index in [0.29, 0.717) is 16.8 Å². The molecule has 2 rings (SSSR count). The van der Waals surface area contributed by atoms with Crippen LogP contribution in [0.4, 0.5) is 18.9 Å². The van der Waals surface area contributed by atoms with Crippen molar-refractivity contribution in [2.75, 3.05) is 23.7 Å². The summed E-state index contributed by atoms with van der Waals surface area (Å²) in [6.07, 6.45) is -3.22. The molecule has 0 unspecified atom stereocenters. The van der Waals surface area contributed by atoms with Crippen LogP contribution in [0.3, 0.4) is 0 Å². The number of hydrogen-bond acceptors (Lipinski definition) is 4. The average molecular weight is 542 g/mol. The van der Waals surface area contributed by atoms with Crippen LogP contribution in [0.15, 0.2) is 54.6 Å². The van der Waals surface area contributed by atoms with Crippen LogP contribution in [0.1, 0.15) is 45.2 Å². The van der Waals surface area contributed by atoms with Crippen molar-refractivity contribution in [1.82, 2.24) is 10.2 Å². The molecule has 0 radical (unpaired) electrons. The Hall–Kier alpha value is -3.08. The number of nitrogens with zero attached hydrogens (tertiary/aromatic N) is 2. The monoisotopic (exact) mass is 541 g/mol. The summed E-state index contributed by atoms with van der Waals surface area (Å²) in [6.45, 7) is 6.48. The maximum atomic E-state index is 13.6. The SMILES string of the molecule is CC[C@H](C(=O)NC(C)(C)C)N(CCc1ccccc1)C(=O)CN(c1cccc(C(F)(F)F)c1)S(C)(=O)=O. The fourth-order valence-electron chi connectivity index (χ4n) is 3.80. The van der Waals surface area contributed by atoms with E-state index in [1.807, 2.05) is 30.3 Å². The molecule has 204 valence electrons. The Kier molecular flexibility index (Phi) is 9.76. The minimum atomic E-state index is -4.69. The number of rotatable bonds is 10. The number of carbonyl (C=O) groups is 2. The summed E-state index contributed by atoms with van der Waals surface area (Å²) in [5.74, 6) is -1.10. The maximum Gasteiger partial charge on any atom is 0.416 e. The number of halogens is 3. The first kappa shape index (κ1) is 30.1. The van der Waals surface area contributed by atoms with Gasteiger partial charge in [0, 0.05) is 12.1 Å². The third-order valence-electron chi connectivity index (χ3n) is 5.51. The molecule has 0 saturated heterocycles. The fraction of sp³-hybridized carbons (Fsp3) is 0.462. The van der Waals surface area contributed by atoms with Crippen LogP contribution < -0.4 is 9.62 Å². The minimum absolute atomic E-state index is 0.110. The molecule has 1 atom stereocenters. The first-order valence-corrected chi connectivity index (χ1v) is 13.7. The zero-order chi connectivity index (χ0) is 28.0. The smallest absolute Gasteiger partial charge is 0.350 e. The van der Waals surface area contributed by atoms with E-state index in [0.717, 1.165) is 24.0 Å². The molecule has 0 heterocycles. The Bertz CT molecular complexity index is 1180. The summed E-state index contributed by atoms with van der Waals surface area (Å²) >= 11 is 0. The Morgan fingerprint density at radius 3 is 2.14 bits per heavy atom. The van der Waals surface area contributed by atoms with Gasteiger partial charge in [0.1, 0.15) is 12.6 Å². The molecule has 0 fully saturated rings. The van der Waals surface area contributed by atoms with E-state index >= 15 is 0 Å². The number of carbonyl (C=O) groups excluding carboxylic acids is 2. The molecule has 1 N–H and O–H groups in total. The van der Waals surface area contributed by atoms with Gasteiger partial charge in [-0.1, -0.05) is 43.3 Å². The van der Waals surface area contributed by atoms with Gasteiger partial charge in [-0.25, -0.2) is 8.42 Å². The van der Waals surface area contributed by atoms with Gasteiger partial charge in [0.05, 0.1) is 17.5 Å². The van der Waals surface area contributed by atoms with Crippen molar-refractivity contribution < 1.29 is 31.2 Å². The van der Waals surface area contributed by atoms with Gasteiger partial charge in [0.25, 0.3) is 0 Å². The van der Waals surface area contributed by atoms with Gasteiger partial charge in [-0.05, 0) is 57.4 Å². The van der Waals surface area contributed by atoms with Gasteiger partial charge in [0.15, 0.2) is 0 Å². The van der Waals surface area contributed by atoms with Crippen molar-refractivity contribution in [2.45, 2.75) is 58.3 Å². The maximum absolute atomic E-state index is 13.6. The van der Waals surface area contributed by atoms with Crippen molar-refractivity contribution in [3.05, 3.63) is 65.7 Å². The molecule has 0 aliphatic heterocycles. The highest BCUT2D eigenvalue weighted by Crippen LogP contribution is 2.32. The molecule has 0 saturated carbocycles. The largest absolute Gasteiger partial charge is 0.416 e. The van der Waals surface area contributed by atoms with Crippen molar-refractivity contribution in [3.63, 3.8) is 0 Å². The van der Waals surface area contributed by atoms with Crippen molar-refractivity contribution in [2.24, 2.45) is 0 Å². The lowest BCUT2D eigenvalue weighted by Gasteiger charge is -2.34. The van der Waals surface area contributed by atoms with Crippen molar-refractivity contribution >= 4 is 27.5 Å². The summed E-state index contributed by atoms with van der Waals surface area (Å²) in [6, 6.07) is 12.1. The molecule has 2 aromatic carbocycles. The number of amides is 2. The lowest BCUT2D eigenvalue weighted by atomic mass is 10.1. The average Bonchev–Trinajstić information content (AvgIpc) is 2.78. The number of nitrogens with one attached hydrogen (secondary N) is 1. The molecule has 11 heteroatoms. The zero-order valence-electron chi connectivity index (χ0n) is 21.7. The highest BCUT2D eigenvalue weighted by Gasteiger charge is 2.34. The molecule has 0 aliphatic rings. The number of sulfonamides is 1. The van der Waals surface area contributed by atoms with Gasteiger partial charge >= 0.3 is 6.18 Å². The number of hydrogen-bond donors (Lipinski definition) is 1. The molecule has 0 bridgehead atoms. The van der Waals surface area contributed by atoms with Gasteiger partial charge in [-0.2, -0.15) is 13.2 Å². The van der Waals surface area contributed by atoms with Gasteiger partial charge in [-0.3, -0.25) is 13.9 Å². The van der Waals surface area contributed by atoms with E-state index < -0.39 is 51.7 Å². The van der Waals surface area contributed by atoms with E-state index in [4.69, 9.17) is 0 Å². The minimum Gasteiger partial charge on any atom is -0.350 e. The van der Waals surface area contributed by atoms with Crippen LogP contribution >= 0.6 is 0 Å². The summed E-state index contributed by atoms with van der Waals surface area (Å²) in [7, 11) is -4.14. The number of anilines is 1. The summed E-state index contributed by atoms with van der Waals surface area (Å²) < 4.78 is 65.6. The Balaban J connectivity index is 2.44. The van der Waals surface area contributed by atoms with E-state index in [1.54, 1.807) is 27.7 Å². The standard InChI is InChI=1S/C26H34F3N3O4S/c1-6-22(24(34)30-25(2,3)4)31(16-15-19-11-8-7-9-12-19)23(33)18-32(37(5,35)36)21-14-10-13-20(17-21)26(27,28)29/h7-14,17,22H,6,15-16,18H2,1-5H3,(H,30,34)/t22-/m1/s1. The van der Waals surface area contributed by atoms with Crippen LogP contribution in [0, 0.1) is 0 Å². The Morgan fingerprint density at radius 1 is 1.00 bits per heavy atom. The first-order valence-electron chi connectivity index (χ1n) is 11.8. The normalized spacial score (nSPS) is 13.1. The van der Waals surface area contributed by atoms with Gasteiger partial charge < -0.3 is 10.2 Å². The van der Waals surface area contributed by atoms with Crippen molar-refractivity contribution in [1.29, 1.82) is 0 Å². The third kappa shape index (κ3) is 9.07. The second kappa shape index (κ2) is 12.0. The first-order chi connectivity index (χ1) is 17.0. The number of benzene rings is 2. The predicted octanol–water partition coefficient (Wildman–Crippen LogP) is 4.24. The molecular weight excluding hydrogens is 507 g/mol. The van der Waals surface area contributed by atoms with Gasteiger partial charge in [0.2, 0.25) is 21.8 Å². The molecule has 2 aromatic rings. The van der Waals surface area contributed by atoms with Gasteiger partial charge in [-0.15, -0.1) is 0 Å². The van der Waals surface area contributed by atoms with E-state index in [1.165, 1.54) is 11.0 Å². The van der Waals surface area contributed by atoms with Crippen LogP contribution in [0.25, 0.3) is 0 Å². The summed E-state index contributed by atoms with van der Waals surface area (Å²) in [5.41, 5.74) is -0.997. The summed E-state index contributed by atoms with van der Waals surface area (Å²) in [5, 5.41) is 2.85. The van der Waals surface area contributed by atoms with E-state index in [9.17, 15) is 31.2 Å². The van der Waals surface area contributed by atoms with E-state index in [-0.39, 0.29) is 18.7 Å². The second-order valence-electron chi connectivity index (χ2n) is 9.80. The van der Waals surface area contributed by atoms with Crippen LogP contribution in [-0.4, -0.2) is 56.1 Å². The molecule has 7 nitrogen and oxygen atoms in total.